The maximum Gasteiger partial charge on any atom is 0.480 e. The number of hydrogen-bond acceptors (Lipinski definition) is 18. The molecule has 1 N–H and O–H groups in total. The standard InChI is InChI=1S/C21H21O2S.C18H26O2.C18H15S.C15H18F4O6S.C14H16O.C12H13F5NO7S3.8CH4/c1-16-7-4-10-19(13-16)24(20-11-5-8-17(14-20)22-2)21-12-6-9-18(15-21)23-3;1-5-18(3,4)17(19)20-13(2)15-11-10-14-8-6-7-9-16(14)12-15;1-4-10-16(11-5-1)19(17-12-6-2-7-13-17)18-14-8-3-9-15-18;1-4-15(2,3)14(20)25-7-5-6-24-12-8(16)10(18)13(26(21,22)23)11(19)9(12)17;1-3-10(2)11-4-5-13-9-14(15)7-6-12(13)8-11;1-3-8(2)9-4-6-10(7-5-9)25-28(23,24)12(16,17)27(21,22)18-26(19,20)11(13,14)15;;;;;;;;/h4-15H,1-3H3;10-13H,5-9H2,1-4H3;1-15H;4-7H2,1-3H3,(H,21,22,23);4-10,15H,3H2,1-2H3;4-8H,3H2,1-2H3;8*1H4/q+1;;+1;;;-1;;;;;;;;/p-1. The molecule has 11 aromatic carbocycles. The lowest BCUT2D eigenvalue weighted by Gasteiger charge is -2.26. The van der Waals surface area contributed by atoms with Crippen LogP contribution in [0.3, 0.4) is 0 Å². The SMILES string of the molecule is C.C.C.C.C.C.C.C.CCC(C)(C)C(=O)OC(C)c1ccc2c(c1)CCCC2.CCC(C)(C)C(=O)OCCCOc1c(F)c(F)c(S(=O)(=O)[O-])c(F)c1F.CCC(C)c1ccc(OS(=O)(=O)C(F)(F)S(=O)(=O)[N-]S(=O)(=O)C(F)(F)F)cc1.CCC(C)c1ccc2cc(O)ccc2c1.COc1cccc([S+](c2cccc(C)c2)c2cccc(OC)c2)c1.c1ccc([S+](c2ccccc2)c2ccccc2)cc1. The molecule has 0 saturated carbocycles. The molecule has 19 nitrogen and oxygen atoms in total. The van der Waals surface area contributed by atoms with Gasteiger partial charge in [0, 0.05) is 18.6 Å². The van der Waals surface area contributed by atoms with Crippen molar-refractivity contribution in [1.82, 2.24) is 0 Å². The van der Waals surface area contributed by atoms with Gasteiger partial charge < -0.3 is 41.7 Å². The number of phenolic OH excluding ortho intramolecular Hbond substituents is 1. The van der Waals surface area contributed by atoms with E-state index in [-0.39, 0.29) is 112 Å². The number of aromatic hydroxyl groups is 1. The van der Waals surface area contributed by atoms with E-state index < -0.39 is 113 Å². The number of ether oxygens (including phenoxy) is 5. The normalized spacial score (nSPS) is 12.3. The fourth-order valence-electron chi connectivity index (χ4n) is 12.3. The molecule has 0 amide bonds. The molecule has 776 valence electrons. The Morgan fingerprint density at radius 2 is 0.857 bits per heavy atom. The van der Waals surface area contributed by atoms with Crippen LogP contribution in [0.15, 0.2) is 277 Å². The topological polar surface area (TPSA) is 283 Å². The molecule has 0 fully saturated rings. The summed E-state index contributed by atoms with van der Waals surface area (Å²) >= 11 is 0. The van der Waals surface area contributed by atoms with Gasteiger partial charge in [0.25, 0.3) is 0 Å². The molecular weight excluding hydrogens is 1940 g/mol. The number of esters is 2. The van der Waals surface area contributed by atoms with Gasteiger partial charge in [-0.2, -0.15) is 39.2 Å². The monoisotopic (exact) mass is 2080 g/mol. The van der Waals surface area contributed by atoms with E-state index in [1.54, 1.807) is 54.0 Å². The van der Waals surface area contributed by atoms with Crippen LogP contribution in [0.2, 0.25) is 0 Å². The van der Waals surface area contributed by atoms with Crippen molar-refractivity contribution in [2.75, 3.05) is 27.4 Å². The van der Waals surface area contributed by atoms with Crippen LogP contribution in [0.5, 0.6) is 28.7 Å². The summed E-state index contributed by atoms with van der Waals surface area (Å²) in [5.74, 6) is -9.24. The van der Waals surface area contributed by atoms with Gasteiger partial charge in [0.2, 0.25) is 11.6 Å². The molecule has 11 aromatic rings. The van der Waals surface area contributed by atoms with Gasteiger partial charge in [0.1, 0.15) is 44.1 Å². The Hall–Kier alpha value is -10.6. The van der Waals surface area contributed by atoms with Crippen LogP contribution in [0.4, 0.5) is 39.5 Å². The predicted molar refractivity (Wildman–Crippen MR) is 547 cm³/mol. The largest absolute Gasteiger partial charge is 0.744 e. The van der Waals surface area contributed by atoms with Crippen LogP contribution >= 0.6 is 0 Å². The average Bonchev–Trinajstić information content (AvgIpc) is 0.747. The van der Waals surface area contributed by atoms with Gasteiger partial charge in [-0.3, -0.25) is 9.59 Å². The molecular formula is C106H140F9NO18S6. The molecule has 1 aliphatic carbocycles. The summed E-state index contributed by atoms with van der Waals surface area (Å²) < 4.78 is 243. The van der Waals surface area contributed by atoms with E-state index in [1.807, 2.05) is 65.0 Å². The van der Waals surface area contributed by atoms with Gasteiger partial charge in [-0.25, -0.2) is 34.0 Å². The van der Waals surface area contributed by atoms with Crippen LogP contribution in [0.1, 0.15) is 232 Å². The molecule has 0 spiro atoms. The predicted octanol–water partition coefficient (Wildman–Crippen LogP) is 29.6. The molecule has 1 aliphatic rings. The Labute approximate surface area is 832 Å². The number of halogens is 9. The molecule has 0 heterocycles. The van der Waals surface area contributed by atoms with E-state index in [2.05, 4.69) is 206 Å². The van der Waals surface area contributed by atoms with E-state index in [1.165, 1.54) is 88.4 Å². The number of phenols is 1. The summed E-state index contributed by atoms with van der Waals surface area (Å²) in [6.45, 7) is 22.5. The highest BCUT2D eigenvalue weighted by Crippen LogP contribution is 2.42. The molecule has 140 heavy (non-hydrogen) atoms. The highest BCUT2D eigenvalue weighted by molar-refractivity contribution is 8.18. The zero-order valence-electron chi connectivity index (χ0n) is 75.3. The lowest BCUT2D eigenvalue weighted by molar-refractivity contribution is -0.159. The molecule has 3 atom stereocenters. The van der Waals surface area contributed by atoms with Crippen LogP contribution in [0, 0.1) is 41.0 Å². The van der Waals surface area contributed by atoms with Gasteiger partial charge in [-0.05, 0) is 246 Å². The number of nitrogens with zero attached hydrogens (tertiary/aromatic N) is 1. The minimum absolute atomic E-state index is 0. The van der Waals surface area contributed by atoms with Crippen molar-refractivity contribution in [2.45, 2.75) is 263 Å². The van der Waals surface area contributed by atoms with Gasteiger partial charge >= 0.3 is 32.2 Å². The van der Waals surface area contributed by atoms with Crippen LogP contribution < -0.4 is 18.4 Å². The molecule has 0 saturated heterocycles. The molecule has 34 heteroatoms. The maximum absolute atomic E-state index is 13.8. The van der Waals surface area contributed by atoms with Gasteiger partial charge in [-0.15, -0.1) is 0 Å². The van der Waals surface area contributed by atoms with Crippen molar-refractivity contribution < 1.29 is 120 Å². The lowest BCUT2D eigenvalue weighted by Crippen LogP contribution is -2.41. The van der Waals surface area contributed by atoms with Gasteiger partial charge in [-0.1, -0.05) is 234 Å². The quantitative estimate of drug-likeness (QED) is 0.00832. The minimum Gasteiger partial charge on any atom is -0.744 e. The van der Waals surface area contributed by atoms with Crippen molar-refractivity contribution in [3.05, 3.63) is 303 Å². The van der Waals surface area contributed by atoms with Crippen LogP contribution in [-0.2, 0) is 94.0 Å². The van der Waals surface area contributed by atoms with Crippen LogP contribution in [-0.4, -0.2) is 92.8 Å². The number of carbonyl (C=O) groups excluding carboxylic acids is 2. The number of methoxy groups -OCH3 is 2. The van der Waals surface area contributed by atoms with Crippen molar-refractivity contribution in [2.24, 2.45) is 10.8 Å². The highest BCUT2D eigenvalue weighted by atomic mass is 32.3. The highest BCUT2D eigenvalue weighted by Gasteiger charge is 2.58. The van der Waals surface area contributed by atoms with Crippen molar-refractivity contribution in [1.29, 1.82) is 0 Å². The van der Waals surface area contributed by atoms with E-state index in [9.17, 15) is 92.4 Å². The summed E-state index contributed by atoms with van der Waals surface area (Å²) in [7, 11) is -23.0. The summed E-state index contributed by atoms with van der Waals surface area (Å²) in [5.41, 5.74) is -0.144. The van der Waals surface area contributed by atoms with E-state index in [0.717, 1.165) is 58.0 Å². The van der Waals surface area contributed by atoms with Crippen molar-refractivity contribution in [3.8, 4) is 28.7 Å². The zero-order chi connectivity index (χ0) is 97.9. The first-order chi connectivity index (χ1) is 62.0. The number of carbonyl (C=O) groups is 2. The minimum atomic E-state index is -7.03. The van der Waals surface area contributed by atoms with Crippen LogP contribution in [0.25, 0.3) is 14.9 Å². The third-order valence-corrected chi connectivity index (χ3v) is 31.6. The second-order valence-corrected chi connectivity index (χ2v) is 42.3. The Morgan fingerprint density at radius 1 is 0.450 bits per heavy atom. The van der Waals surface area contributed by atoms with Gasteiger partial charge in [0.05, 0.1) is 60.1 Å². The third kappa shape index (κ3) is 36.1. The molecule has 0 bridgehead atoms. The number of aryl methyl sites for hydroxylation is 3. The summed E-state index contributed by atoms with van der Waals surface area (Å²) in [6.07, 6.45) is 7.84. The number of sulfonamides is 2. The fourth-order valence-corrected chi connectivity index (χ4v) is 20.8. The third-order valence-electron chi connectivity index (χ3n) is 21.3. The first-order valence-electron chi connectivity index (χ1n) is 41.9. The lowest BCUT2D eigenvalue weighted by atomic mass is 9.89. The van der Waals surface area contributed by atoms with Crippen molar-refractivity contribution >= 4 is 84.8 Å². The number of fused-ring (bicyclic) bond motifs is 2. The summed E-state index contributed by atoms with van der Waals surface area (Å²) in [5, 5.41) is 11.7. The van der Waals surface area contributed by atoms with Gasteiger partial charge in [0.15, 0.2) is 66.8 Å². The summed E-state index contributed by atoms with van der Waals surface area (Å²) in [6, 6.07) is 80.3. The first-order valence-corrected chi connectivity index (χ1v) is 50.0. The van der Waals surface area contributed by atoms with E-state index in [4.69, 9.17) is 18.9 Å². The smallest absolute Gasteiger partial charge is 0.480 e. The fraction of sp³-hybridized carbons (Fsp3) is 0.377. The maximum atomic E-state index is 13.8. The number of rotatable bonds is 30. The summed E-state index contributed by atoms with van der Waals surface area (Å²) in [4.78, 5) is 29.4. The molecule has 0 aromatic heterocycles. The number of hydrogen-bond donors (Lipinski definition) is 1. The second kappa shape index (κ2) is 58.7. The number of alkyl halides is 5. The molecule has 3 unspecified atom stereocenters. The Bertz CT molecular complexity index is 5980. The Kier molecular flexibility index (Phi) is 55.1. The molecule has 0 radical (unpaired) electrons. The molecule has 0 aliphatic heterocycles. The van der Waals surface area contributed by atoms with Crippen molar-refractivity contribution in [3.63, 3.8) is 0 Å². The molecule has 12 rings (SSSR count). The van der Waals surface area contributed by atoms with E-state index >= 15 is 0 Å². The van der Waals surface area contributed by atoms with E-state index in [0.29, 0.717) is 30.1 Å². The first kappa shape index (κ1) is 131. The average molecular weight is 2080 g/mol. The Morgan fingerprint density at radius 3 is 1.30 bits per heavy atom. The second-order valence-electron chi connectivity index (χ2n) is 31.6. The number of benzene rings is 11. The Balaban J connectivity index is 0. The zero-order valence-corrected chi connectivity index (χ0v) is 80.2.